The molecule has 168 valence electrons. The third kappa shape index (κ3) is 4.20. The van der Waals surface area contributed by atoms with Gasteiger partial charge in [-0.3, -0.25) is 9.69 Å². The first-order valence-electron chi connectivity index (χ1n) is 10.5. The number of rotatable bonds is 4. The quantitative estimate of drug-likeness (QED) is 0.577. The Labute approximate surface area is 191 Å². The summed E-state index contributed by atoms with van der Waals surface area (Å²) in [4.78, 5) is 17.2. The van der Waals surface area contributed by atoms with E-state index in [4.69, 9.17) is 16.0 Å². The molecule has 1 atom stereocenters. The van der Waals surface area contributed by atoms with Gasteiger partial charge in [0, 0.05) is 43.3 Å². The van der Waals surface area contributed by atoms with Crippen molar-refractivity contribution in [3.63, 3.8) is 0 Å². The van der Waals surface area contributed by atoms with E-state index in [1.54, 1.807) is 40.1 Å². The molecule has 2 saturated heterocycles. The Balaban J connectivity index is 1.36. The van der Waals surface area contributed by atoms with E-state index < -0.39 is 9.84 Å². The van der Waals surface area contributed by atoms with Gasteiger partial charge in [0.15, 0.2) is 21.3 Å². The summed E-state index contributed by atoms with van der Waals surface area (Å²) in [6, 6.07) is 12.7. The molecule has 1 aromatic carbocycles. The summed E-state index contributed by atoms with van der Waals surface area (Å²) >= 11 is 6.17. The SMILES string of the molecule is O=C(c1cc(-c2ccco2)n(-c2cccc(Cl)c2)n1)N1CCN(C2CCS(=O)(=O)C2)CC1. The van der Waals surface area contributed by atoms with Crippen LogP contribution in [0.2, 0.25) is 5.02 Å². The molecule has 32 heavy (non-hydrogen) atoms. The van der Waals surface area contributed by atoms with E-state index in [1.807, 2.05) is 18.2 Å². The molecule has 2 aliphatic heterocycles. The van der Waals surface area contributed by atoms with Gasteiger partial charge in [-0.25, -0.2) is 13.1 Å². The molecule has 0 spiro atoms. The molecule has 0 bridgehead atoms. The Hall–Kier alpha value is -2.62. The zero-order valence-electron chi connectivity index (χ0n) is 17.4. The van der Waals surface area contributed by atoms with Crippen LogP contribution in [-0.2, 0) is 9.84 Å². The molecule has 0 saturated carbocycles. The molecule has 1 unspecified atom stereocenters. The summed E-state index contributed by atoms with van der Waals surface area (Å²) in [5, 5.41) is 5.15. The second kappa shape index (κ2) is 8.38. The van der Waals surface area contributed by atoms with Gasteiger partial charge in [0.1, 0.15) is 5.69 Å². The topological polar surface area (TPSA) is 88.7 Å². The molecule has 2 aliphatic rings. The van der Waals surface area contributed by atoms with Crippen molar-refractivity contribution in [3.05, 3.63) is 59.4 Å². The van der Waals surface area contributed by atoms with E-state index in [0.717, 1.165) is 5.69 Å². The molecule has 1 amide bonds. The minimum Gasteiger partial charge on any atom is -0.463 e. The lowest BCUT2D eigenvalue weighted by Gasteiger charge is -2.37. The van der Waals surface area contributed by atoms with Crippen molar-refractivity contribution in [3.8, 4) is 17.1 Å². The van der Waals surface area contributed by atoms with E-state index in [-0.39, 0.29) is 23.5 Å². The van der Waals surface area contributed by atoms with Gasteiger partial charge in [-0.1, -0.05) is 17.7 Å². The van der Waals surface area contributed by atoms with E-state index in [2.05, 4.69) is 10.00 Å². The summed E-state index contributed by atoms with van der Waals surface area (Å²) < 4.78 is 30.8. The van der Waals surface area contributed by atoms with Crippen LogP contribution in [0.15, 0.2) is 53.1 Å². The van der Waals surface area contributed by atoms with Gasteiger partial charge < -0.3 is 9.32 Å². The minimum absolute atomic E-state index is 0.0600. The van der Waals surface area contributed by atoms with Crippen LogP contribution in [0.1, 0.15) is 16.9 Å². The second-order valence-electron chi connectivity index (χ2n) is 8.17. The van der Waals surface area contributed by atoms with Crippen molar-refractivity contribution in [1.82, 2.24) is 19.6 Å². The number of halogens is 1. The predicted octanol–water partition coefficient (Wildman–Crippen LogP) is 2.73. The Morgan fingerprint density at radius 3 is 2.56 bits per heavy atom. The largest absolute Gasteiger partial charge is 0.463 e. The maximum atomic E-state index is 13.2. The summed E-state index contributed by atoms with van der Waals surface area (Å²) in [5.74, 6) is 0.922. The zero-order chi connectivity index (χ0) is 22.3. The first-order chi connectivity index (χ1) is 15.4. The van der Waals surface area contributed by atoms with Crippen LogP contribution in [0, 0.1) is 0 Å². The van der Waals surface area contributed by atoms with Gasteiger partial charge in [-0.15, -0.1) is 0 Å². The fraction of sp³-hybridized carbons (Fsp3) is 0.364. The standard InChI is InChI=1S/C22H23ClN4O4S/c23-16-3-1-4-17(13-16)27-20(21-5-2-11-31-21)14-19(24-27)22(28)26-9-7-25(8-10-26)18-6-12-32(29,30)15-18/h1-5,11,13-14,18H,6-10,12,15H2. The normalized spacial score (nSPS) is 21.2. The van der Waals surface area contributed by atoms with Crippen LogP contribution in [-0.4, -0.2) is 77.6 Å². The fourth-order valence-electron chi connectivity index (χ4n) is 4.41. The number of carbonyl (C=O) groups excluding carboxylic acids is 1. The van der Waals surface area contributed by atoms with Gasteiger partial charge in [0.25, 0.3) is 5.91 Å². The fourth-order valence-corrected chi connectivity index (χ4v) is 6.35. The van der Waals surface area contributed by atoms with E-state index in [9.17, 15) is 13.2 Å². The van der Waals surface area contributed by atoms with Crippen molar-refractivity contribution < 1.29 is 17.6 Å². The minimum atomic E-state index is -2.92. The van der Waals surface area contributed by atoms with Crippen LogP contribution < -0.4 is 0 Å². The van der Waals surface area contributed by atoms with Crippen molar-refractivity contribution in [2.45, 2.75) is 12.5 Å². The Morgan fingerprint density at radius 1 is 1.09 bits per heavy atom. The molecule has 0 aliphatic carbocycles. The maximum absolute atomic E-state index is 13.2. The lowest BCUT2D eigenvalue weighted by molar-refractivity contribution is 0.0582. The van der Waals surface area contributed by atoms with Crippen molar-refractivity contribution >= 4 is 27.3 Å². The lowest BCUT2D eigenvalue weighted by Crippen LogP contribution is -2.52. The summed E-state index contributed by atoms with van der Waals surface area (Å²) in [6.07, 6.45) is 2.25. The lowest BCUT2D eigenvalue weighted by atomic mass is 10.2. The van der Waals surface area contributed by atoms with Gasteiger partial charge >= 0.3 is 0 Å². The number of benzene rings is 1. The van der Waals surface area contributed by atoms with Gasteiger partial charge in [-0.2, -0.15) is 5.10 Å². The first-order valence-corrected chi connectivity index (χ1v) is 12.7. The third-order valence-electron chi connectivity index (χ3n) is 6.08. The molecule has 8 nitrogen and oxygen atoms in total. The smallest absolute Gasteiger partial charge is 0.274 e. The molecular formula is C22H23ClN4O4S. The molecule has 2 fully saturated rings. The third-order valence-corrected chi connectivity index (χ3v) is 8.07. The average Bonchev–Trinajstić information content (AvgIpc) is 3.52. The van der Waals surface area contributed by atoms with E-state index >= 15 is 0 Å². The molecule has 0 N–H and O–H groups in total. The number of nitrogens with zero attached hydrogens (tertiary/aromatic N) is 4. The van der Waals surface area contributed by atoms with Gasteiger partial charge in [0.05, 0.1) is 23.5 Å². The van der Waals surface area contributed by atoms with Crippen molar-refractivity contribution in [1.29, 1.82) is 0 Å². The molecular weight excluding hydrogens is 452 g/mol. The molecule has 0 radical (unpaired) electrons. The van der Waals surface area contributed by atoms with Crippen LogP contribution in [0.25, 0.3) is 17.1 Å². The molecule has 3 aromatic rings. The number of carbonyl (C=O) groups is 1. The van der Waals surface area contributed by atoms with Crippen LogP contribution in [0.4, 0.5) is 0 Å². The number of hydrogen-bond acceptors (Lipinski definition) is 6. The highest BCUT2D eigenvalue weighted by Gasteiger charge is 2.35. The highest BCUT2D eigenvalue weighted by Crippen LogP contribution is 2.27. The molecule has 2 aromatic heterocycles. The number of hydrogen-bond donors (Lipinski definition) is 0. The van der Waals surface area contributed by atoms with Crippen molar-refractivity contribution in [2.24, 2.45) is 0 Å². The monoisotopic (exact) mass is 474 g/mol. The van der Waals surface area contributed by atoms with Crippen molar-refractivity contribution in [2.75, 3.05) is 37.7 Å². The highest BCUT2D eigenvalue weighted by molar-refractivity contribution is 7.91. The number of amides is 1. The Bertz CT molecular complexity index is 1230. The Morgan fingerprint density at radius 2 is 1.91 bits per heavy atom. The summed E-state index contributed by atoms with van der Waals surface area (Å²) in [7, 11) is -2.92. The van der Waals surface area contributed by atoms with E-state index in [1.165, 1.54) is 0 Å². The van der Waals surface area contributed by atoms with Crippen LogP contribution in [0.3, 0.4) is 0 Å². The molecule has 10 heteroatoms. The summed E-state index contributed by atoms with van der Waals surface area (Å²) in [5.41, 5.74) is 1.72. The number of piperazine rings is 1. The highest BCUT2D eigenvalue weighted by atomic mass is 35.5. The maximum Gasteiger partial charge on any atom is 0.274 e. The zero-order valence-corrected chi connectivity index (χ0v) is 18.9. The Kier molecular flexibility index (Phi) is 5.56. The van der Waals surface area contributed by atoms with Crippen LogP contribution >= 0.6 is 11.6 Å². The number of aromatic nitrogens is 2. The second-order valence-corrected chi connectivity index (χ2v) is 10.8. The summed E-state index contributed by atoms with van der Waals surface area (Å²) in [6.45, 7) is 2.39. The first kappa shape index (κ1) is 21.2. The van der Waals surface area contributed by atoms with Gasteiger partial charge in [0.2, 0.25) is 0 Å². The van der Waals surface area contributed by atoms with Crippen LogP contribution in [0.5, 0.6) is 0 Å². The average molecular weight is 475 g/mol. The predicted molar refractivity (Wildman–Crippen MR) is 121 cm³/mol. The van der Waals surface area contributed by atoms with E-state index in [0.29, 0.717) is 54.8 Å². The number of sulfone groups is 1. The number of furan rings is 1. The van der Waals surface area contributed by atoms with Gasteiger partial charge in [-0.05, 0) is 36.8 Å². The molecule has 4 heterocycles. The molecule has 5 rings (SSSR count).